The molecule has 7 heteroatoms. The van der Waals surface area contributed by atoms with E-state index in [-0.39, 0.29) is 12.0 Å². The second-order valence-corrected chi connectivity index (χ2v) is 6.18. The van der Waals surface area contributed by atoms with Crippen molar-refractivity contribution in [3.05, 3.63) is 0 Å². The van der Waals surface area contributed by atoms with Crippen LogP contribution in [0.3, 0.4) is 0 Å². The van der Waals surface area contributed by atoms with Gasteiger partial charge >= 0.3 is 5.97 Å². The topological polar surface area (TPSA) is 122 Å². The minimum atomic E-state index is -1.33. The maximum Gasteiger partial charge on any atom is 0.328 e. The first-order valence-corrected chi connectivity index (χ1v) is 6.82. The van der Waals surface area contributed by atoms with Crippen molar-refractivity contribution < 1.29 is 24.5 Å². The van der Waals surface area contributed by atoms with Crippen LogP contribution in [0.4, 0.5) is 0 Å². The molecule has 2 aliphatic rings. The summed E-state index contributed by atoms with van der Waals surface area (Å²) in [6.45, 7) is 3.71. The van der Waals surface area contributed by atoms with E-state index in [4.69, 9.17) is 20.7 Å². The standard InChI is InChI=1S/C13H22N2O5/c1-12(2)9-7(4-3-5-20-9)13(12,14)11(19)15-8(6-16)10(17)18/h7-9,16H,3-6,14H2,1-2H3,(H,15,19)(H,17,18)/t7?,8-,9?,13?/m1/s1. The van der Waals surface area contributed by atoms with Crippen LogP contribution in [0.25, 0.3) is 0 Å². The number of hydrogen-bond acceptors (Lipinski definition) is 5. The molecule has 3 unspecified atom stereocenters. The van der Waals surface area contributed by atoms with Gasteiger partial charge in [-0.3, -0.25) is 4.79 Å². The summed E-state index contributed by atoms with van der Waals surface area (Å²) in [7, 11) is 0. The van der Waals surface area contributed by atoms with E-state index >= 15 is 0 Å². The summed E-state index contributed by atoms with van der Waals surface area (Å²) in [6, 6.07) is -1.33. The molecule has 1 saturated heterocycles. The Balaban J connectivity index is 2.17. The molecular weight excluding hydrogens is 264 g/mol. The molecule has 20 heavy (non-hydrogen) atoms. The first-order valence-electron chi connectivity index (χ1n) is 6.82. The summed E-state index contributed by atoms with van der Waals surface area (Å²) in [6.07, 6.45) is 1.55. The molecule has 5 N–H and O–H groups in total. The minimum absolute atomic E-state index is 0.0793. The van der Waals surface area contributed by atoms with E-state index < -0.39 is 35.5 Å². The highest BCUT2D eigenvalue weighted by atomic mass is 16.5. The fraction of sp³-hybridized carbons (Fsp3) is 0.846. The number of nitrogens with two attached hydrogens (primary N) is 1. The summed E-state index contributed by atoms with van der Waals surface area (Å²) in [5, 5.41) is 20.2. The zero-order chi connectivity index (χ0) is 15.1. The van der Waals surface area contributed by atoms with E-state index in [1.165, 1.54) is 0 Å². The molecule has 1 aliphatic heterocycles. The summed E-state index contributed by atoms with van der Waals surface area (Å²) in [5.41, 5.74) is 4.58. The Morgan fingerprint density at radius 3 is 2.70 bits per heavy atom. The van der Waals surface area contributed by atoms with Crippen molar-refractivity contribution in [3.63, 3.8) is 0 Å². The molecule has 2 fully saturated rings. The van der Waals surface area contributed by atoms with Gasteiger partial charge in [0.05, 0.1) is 12.7 Å². The molecule has 0 radical (unpaired) electrons. The summed E-state index contributed by atoms with van der Waals surface area (Å²) >= 11 is 0. The number of nitrogens with one attached hydrogen (secondary N) is 1. The van der Waals surface area contributed by atoms with Gasteiger partial charge in [-0.2, -0.15) is 0 Å². The third-order valence-corrected chi connectivity index (χ3v) is 4.85. The fourth-order valence-corrected chi connectivity index (χ4v) is 3.50. The second-order valence-electron chi connectivity index (χ2n) is 6.18. The average Bonchev–Trinajstić information content (AvgIpc) is 2.43. The molecular formula is C13H22N2O5. The minimum Gasteiger partial charge on any atom is -0.480 e. The molecule has 0 spiro atoms. The Kier molecular flexibility index (Phi) is 3.79. The number of carbonyl (C=O) groups is 2. The predicted molar refractivity (Wildman–Crippen MR) is 69.8 cm³/mol. The van der Waals surface area contributed by atoms with E-state index in [1.54, 1.807) is 0 Å². The summed E-state index contributed by atoms with van der Waals surface area (Å²) in [4.78, 5) is 23.3. The molecule has 0 bridgehead atoms. The summed E-state index contributed by atoms with van der Waals surface area (Å²) in [5.74, 6) is -1.92. The quantitative estimate of drug-likeness (QED) is 0.530. The highest BCUT2D eigenvalue weighted by Gasteiger charge is 2.70. The first-order chi connectivity index (χ1) is 9.26. The molecule has 0 aromatic rings. The Labute approximate surface area is 117 Å². The Morgan fingerprint density at radius 1 is 1.50 bits per heavy atom. The molecule has 1 heterocycles. The van der Waals surface area contributed by atoms with Gasteiger partial charge in [0, 0.05) is 17.9 Å². The normalized spacial score (nSPS) is 36.4. The Hall–Kier alpha value is -1.18. The van der Waals surface area contributed by atoms with Gasteiger partial charge in [-0.25, -0.2) is 4.79 Å². The van der Waals surface area contributed by atoms with Gasteiger partial charge in [-0.15, -0.1) is 0 Å². The molecule has 4 atom stereocenters. The lowest BCUT2D eigenvalue weighted by molar-refractivity contribution is -0.225. The SMILES string of the molecule is CC1(C)C2OCCCC2C1(N)C(=O)N[C@H](CO)C(=O)O. The van der Waals surface area contributed by atoms with Crippen molar-refractivity contribution in [3.8, 4) is 0 Å². The van der Waals surface area contributed by atoms with Crippen LogP contribution in [0.2, 0.25) is 0 Å². The molecule has 7 nitrogen and oxygen atoms in total. The summed E-state index contributed by atoms with van der Waals surface area (Å²) < 4.78 is 5.69. The van der Waals surface area contributed by atoms with Gasteiger partial charge in [-0.05, 0) is 12.8 Å². The number of carboxylic acids is 1. The molecule has 0 aromatic carbocycles. The Bertz CT molecular complexity index is 425. The lowest BCUT2D eigenvalue weighted by atomic mass is 9.46. The number of rotatable bonds is 4. The van der Waals surface area contributed by atoms with Crippen molar-refractivity contribution in [2.75, 3.05) is 13.2 Å². The molecule has 0 aromatic heterocycles. The van der Waals surface area contributed by atoms with Crippen LogP contribution in [-0.2, 0) is 14.3 Å². The Morgan fingerprint density at radius 2 is 2.15 bits per heavy atom. The third kappa shape index (κ3) is 1.92. The highest BCUT2D eigenvalue weighted by Crippen LogP contribution is 2.57. The lowest BCUT2D eigenvalue weighted by Gasteiger charge is -2.65. The molecule has 1 aliphatic carbocycles. The van der Waals surface area contributed by atoms with Gasteiger partial charge in [0.25, 0.3) is 0 Å². The average molecular weight is 286 g/mol. The van der Waals surface area contributed by atoms with Gasteiger partial charge in [0.15, 0.2) is 0 Å². The molecule has 1 saturated carbocycles. The monoisotopic (exact) mass is 286 g/mol. The maximum atomic E-state index is 12.4. The van der Waals surface area contributed by atoms with E-state index in [0.717, 1.165) is 12.8 Å². The van der Waals surface area contributed by atoms with Crippen LogP contribution >= 0.6 is 0 Å². The number of aliphatic hydroxyl groups excluding tert-OH is 1. The van der Waals surface area contributed by atoms with Crippen LogP contribution in [0.5, 0.6) is 0 Å². The number of aliphatic hydroxyl groups is 1. The van der Waals surface area contributed by atoms with Crippen molar-refractivity contribution in [2.24, 2.45) is 17.1 Å². The third-order valence-electron chi connectivity index (χ3n) is 4.85. The molecule has 1 amide bonds. The molecule has 114 valence electrons. The highest BCUT2D eigenvalue weighted by molar-refractivity contribution is 5.92. The number of carboxylic acid groups (broad SMARTS) is 1. The van der Waals surface area contributed by atoms with Crippen LogP contribution in [-0.4, -0.2) is 53.0 Å². The number of carbonyl (C=O) groups excluding carboxylic acids is 1. The van der Waals surface area contributed by atoms with Crippen LogP contribution < -0.4 is 11.1 Å². The first kappa shape index (κ1) is 15.2. The van der Waals surface area contributed by atoms with Crippen molar-refractivity contribution in [1.29, 1.82) is 0 Å². The van der Waals surface area contributed by atoms with Crippen LogP contribution in [0.15, 0.2) is 0 Å². The van der Waals surface area contributed by atoms with Gasteiger partial charge < -0.3 is 26.0 Å². The van der Waals surface area contributed by atoms with Gasteiger partial charge in [-0.1, -0.05) is 13.8 Å². The lowest BCUT2D eigenvalue weighted by Crippen LogP contribution is -2.82. The fourth-order valence-electron chi connectivity index (χ4n) is 3.50. The predicted octanol–water partition coefficient (Wildman–Crippen LogP) is -0.919. The van der Waals surface area contributed by atoms with Crippen molar-refractivity contribution in [2.45, 2.75) is 44.4 Å². The molecule has 2 rings (SSSR count). The van der Waals surface area contributed by atoms with E-state index in [0.29, 0.717) is 6.61 Å². The van der Waals surface area contributed by atoms with E-state index in [9.17, 15) is 9.59 Å². The zero-order valence-corrected chi connectivity index (χ0v) is 11.8. The largest absolute Gasteiger partial charge is 0.480 e. The van der Waals surface area contributed by atoms with Gasteiger partial charge in [0.1, 0.15) is 11.6 Å². The zero-order valence-electron chi connectivity index (χ0n) is 11.8. The number of amides is 1. The number of aliphatic carboxylic acids is 1. The van der Waals surface area contributed by atoms with Crippen LogP contribution in [0, 0.1) is 11.3 Å². The number of fused-ring (bicyclic) bond motifs is 1. The number of hydrogen-bond donors (Lipinski definition) is 4. The van der Waals surface area contributed by atoms with Gasteiger partial charge in [0.2, 0.25) is 5.91 Å². The van der Waals surface area contributed by atoms with E-state index in [2.05, 4.69) is 5.32 Å². The smallest absolute Gasteiger partial charge is 0.328 e. The van der Waals surface area contributed by atoms with Crippen molar-refractivity contribution in [1.82, 2.24) is 5.32 Å². The maximum absolute atomic E-state index is 12.4. The van der Waals surface area contributed by atoms with Crippen LogP contribution in [0.1, 0.15) is 26.7 Å². The van der Waals surface area contributed by atoms with E-state index in [1.807, 2.05) is 13.8 Å². The second kappa shape index (κ2) is 4.98. The number of ether oxygens (including phenoxy) is 1. The van der Waals surface area contributed by atoms with Crippen molar-refractivity contribution >= 4 is 11.9 Å².